The van der Waals surface area contributed by atoms with Gasteiger partial charge in [0.15, 0.2) is 15.2 Å². The number of methoxy groups -OCH3 is 2. The van der Waals surface area contributed by atoms with E-state index >= 15 is 0 Å². The number of ether oxygens (including phenoxy) is 2. The van der Waals surface area contributed by atoms with Gasteiger partial charge in [-0.15, -0.1) is 0 Å². The van der Waals surface area contributed by atoms with E-state index in [2.05, 4.69) is 0 Å². The Bertz CT molecular complexity index is 914. The summed E-state index contributed by atoms with van der Waals surface area (Å²) in [5, 5.41) is -0.990. The lowest BCUT2D eigenvalue weighted by atomic mass is 10.1. The van der Waals surface area contributed by atoms with Crippen molar-refractivity contribution in [1.82, 2.24) is 4.57 Å². The highest BCUT2D eigenvalue weighted by Gasteiger charge is 2.42. The Morgan fingerprint density at radius 1 is 1.08 bits per heavy atom. The zero-order chi connectivity index (χ0) is 17.5. The molecule has 1 atom stereocenters. The van der Waals surface area contributed by atoms with Gasteiger partial charge in [-0.2, -0.15) is 0 Å². The molecule has 1 aromatic heterocycles. The highest BCUT2D eigenvalue weighted by molar-refractivity contribution is 7.91. The lowest BCUT2D eigenvalue weighted by Crippen LogP contribution is -2.15. The van der Waals surface area contributed by atoms with E-state index in [1.807, 2.05) is 0 Å². The summed E-state index contributed by atoms with van der Waals surface area (Å²) >= 11 is 0. The van der Waals surface area contributed by atoms with Gasteiger partial charge in [0.25, 0.3) is 0 Å². The molecule has 2 heterocycles. The fourth-order valence-electron chi connectivity index (χ4n) is 2.94. The van der Waals surface area contributed by atoms with Crippen LogP contribution in [0.5, 0.6) is 0 Å². The number of carbonyl (C=O) groups is 2. The second-order valence-electron chi connectivity index (χ2n) is 5.33. The fourth-order valence-corrected chi connectivity index (χ4v) is 4.88. The van der Waals surface area contributed by atoms with Crippen molar-refractivity contribution in [3.63, 3.8) is 0 Å². The van der Waals surface area contributed by atoms with E-state index in [9.17, 15) is 18.0 Å². The van der Waals surface area contributed by atoms with Gasteiger partial charge in [-0.3, -0.25) is 0 Å². The molecular formula is C16H15NO6S. The first-order chi connectivity index (χ1) is 11.4. The zero-order valence-corrected chi connectivity index (χ0v) is 13.9. The molecular weight excluding hydrogens is 334 g/mol. The van der Waals surface area contributed by atoms with Gasteiger partial charge in [-0.1, -0.05) is 30.3 Å². The minimum absolute atomic E-state index is 0.00446. The Morgan fingerprint density at radius 3 is 2.29 bits per heavy atom. The Labute approximate surface area is 138 Å². The summed E-state index contributed by atoms with van der Waals surface area (Å²) in [6.45, 7) is 0. The van der Waals surface area contributed by atoms with Crippen LogP contribution < -0.4 is 0 Å². The van der Waals surface area contributed by atoms with E-state index < -0.39 is 27.1 Å². The first-order valence-corrected chi connectivity index (χ1v) is 8.79. The highest BCUT2D eigenvalue weighted by atomic mass is 32.2. The monoisotopic (exact) mass is 349 g/mol. The lowest BCUT2D eigenvalue weighted by molar-refractivity contribution is 0.0556. The number of esters is 2. The standard InChI is InChI=1S/C16H15NO6S/c1-22-15(18)11-8-17-12(13(11)16(19)23-2)9-24(20,21)14(17)10-6-4-3-5-7-10/h3-8,14H,9H2,1-2H3. The van der Waals surface area contributed by atoms with Crippen LogP contribution in [0.1, 0.15) is 37.3 Å². The summed E-state index contributed by atoms with van der Waals surface area (Å²) in [5.41, 5.74) is 0.719. The molecule has 2 aromatic rings. The molecule has 0 amide bonds. The Hall–Kier alpha value is -2.61. The van der Waals surface area contributed by atoms with E-state index in [1.54, 1.807) is 30.3 Å². The fraction of sp³-hybridized carbons (Fsp3) is 0.250. The molecule has 1 aliphatic rings. The normalized spacial score (nSPS) is 18.0. The molecule has 3 rings (SSSR count). The van der Waals surface area contributed by atoms with Gasteiger partial charge in [0.2, 0.25) is 0 Å². The van der Waals surface area contributed by atoms with Crippen molar-refractivity contribution in [2.75, 3.05) is 14.2 Å². The second kappa shape index (κ2) is 5.79. The predicted octanol–water partition coefficient (Wildman–Crippen LogP) is 1.54. The van der Waals surface area contributed by atoms with E-state index in [4.69, 9.17) is 9.47 Å². The molecule has 1 aromatic carbocycles. The van der Waals surface area contributed by atoms with Crippen molar-refractivity contribution in [3.05, 3.63) is 58.9 Å². The molecule has 0 spiro atoms. The smallest absolute Gasteiger partial charge is 0.340 e. The molecule has 0 aliphatic carbocycles. The van der Waals surface area contributed by atoms with Crippen LogP contribution in [-0.2, 0) is 25.1 Å². The molecule has 126 valence electrons. The molecule has 0 bridgehead atoms. The number of aromatic nitrogens is 1. The largest absolute Gasteiger partial charge is 0.465 e. The van der Waals surface area contributed by atoms with Crippen LogP contribution in [0.4, 0.5) is 0 Å². The van der Waals surface area contributed by atoms with Crippen molar-refractivity contribution in [2.45, 2.75) is 11.1 Å². The molecule has 8 heteroatoms. The van der Waals surface area contributed by atoms with Crippen molar-refractivity contribution in [2.24, 2.45) is 0 Å². The zero-order valence-electron chi connectivity index (χ0n) is 13.1. The van der Waals surface area contributed by atoms with E-state index in [1.165, 1.54) is 25.0 Å². The minimum Gasteiger partial charge on any atom is -0.465 e. The average molecular weight is 349 g/mol. The van der Waals surface area contributed by atoms with Gasteiger partial charge in [0.05, 0.1) is 31.1 Å². The number of benzene rings is 1. The van der Waals surface area contributed by atoms with Crippen LogP contribution in [0.2, 0.25) is 0 Å². The van der Waals surface area contributed by atoms with Crippen molar-refractivity contribution in [3.8, 4) is 0 Å². The summed E-state index contributed by atoms with van der Waals surface area (Å²) < 4.78 is 36.0. The highest BCUT2D eigenvalue weighted by Crippen LogP contribution is 2.39. The molecule has 1 unspecified atom stereocenters. The van der Waals surface area contributed by atoms with Crippen molar-refractivity contribution >= 4 is 21.8 Å². The number of fused-ring (bicyclic) bond motifs is 1. The van der Waals surface area contributed by atoms with E-state index in [0.29, 0.717) is 5.56 Å². The van der Waals surface area contributed by atoms with Crippen LogP contribution in [0, 0.1) is 0 Å². The second-order valence-corrected chi connectivity index (χ2v) is 7.39. The number of hydrogen-bond donors (Lipinski definition) is 0. The van der Waals surface area contributed by atoms with Gasteiger partial charge < -0.3 is 14.0 Å². The SMILES string of the molecule is COC(=O)c1cn2c(c1C(=O)OC)CS(=O)(=O)C2c1ccccc1. The lowest BCUT2D eigenvalue weighted by Gasteiger charge is -2.13. The third-order valence-corrected chi connectivity index (χ3v) is 5.80. The van der Waals surface area contributed by atoms with Gasteiger partial charge in [0, 0.05) is 11.9 Å². The molecule has 0 saturated heterocycles. The number of rotatable bonds is 3. The van der Waals surface area contributed by atoms with Gasteiger partial charge in [-0.25, -0.2) is 18.0 Å². The number of sulfone groups is 1. The quantitative estimate of drug-likeness (QED) is 0.781. The Balaban J connectivity index is 2.25. The van der Waals surface area contributed by atoms with Gasteiger partial charge in [-0.05, 0) is 5.56 Å². The van der Waals surface area contributed by atoms with Gasteiger partial charge in [0.1, 0.15) is 0 Å². The molecule has 0 fully saturated rings. The summed E-state index contributed by atoms with van der Waals surface area (Å²) in [4.78, 5) is 24.1. The number of hydrogen-bond acceptors (Lipinski definition) is 6. The molecule has 0 radical (unpaired) electrons. The third-order valence-electron chi connectivity index (χ3n) is 3.95. The third kappa shape index (κ3) is 2.39. The van der Waals surface area contributed by atoms with Crippen LogP contribution in [0.25, 0.3) is 0 Å². The summed E-state index contributed by atoms with van der Waals surface area (Å²) in [5.74, 6) is -1.84. The van der Waals surface area contributed by atoms with Crippen LogP contribution in [0.15, 0.2) is 36.5 Å². The van der Waals surface area contributed by atoms with Crippen LogP contribution in [-0.4, -0.2) is 39.1 Å². The van der Waals surface area contributed by atoms with Gasteiger partial charge >= 0.3 is 11.9 Å². The average Bonchev–Trinajstić information content (AvgIpc) is 3.04. The topological polar surface area (TPSA) is 91.7 Å². The minimum atomic E-state index is -3.57. The summed E-state index contributed by atoms with van der Waals surface area (Å²) in [6.07, 6.45) is 1.34. The first kappa shape index (κ1) is 16.3. The Kier molecular flexibility index (Phi) is 3.92. The van der Waals surface area contributed by atoms with E-state index in [-0.39, 0.29) is 22.6 Å². The molecule has 1 aliphatic heterocycles. The maximum atomic E-state index is 12.6. The van der Waals surface area contributed by atoms with Crippen LogP contribution >= 0.6 is 0 Å². The molecule has 0 saturated carbocycles. The van der Waals surface area contributed by atoms with Crippen molar-refractivity contribution in [1.29, 1.82) is 0 Å². The van der Waals surface area contributed by atoms with Crippen molar-refractivity contribution < 1.29 is 27.5 Å². The summed E-state index contributed by atoms with van der Waals surface area (Å²) in [6, 6.07) is 8.62. The first-order valence-electron chi connectivity index (χ1n) is 7.07. The number of nitrogens with zero attached hydrogens (tertiary/aromatic N) is 1. The van der Waals surface area contributed by atoms with Crippen LogP contribution in [0.3, 0.4) is 0 Å². The molecule has 7 nitrogen and oxygen atoms in total. The Morgan fingerprint density at radius 2 is 1.71 bits per heavy atom. The predicted molar refractivity (Wildman–Crippen MR) is 84.3 cm³/mol. The number of carbonyl (C=O) groups excluding carboxylic acids is 2. The summed E-state index contributed by atoms with van der Waals surface area (Å²) in [7, 11) is -1.20. The maximum Gasteiger partial charge on any atom is 0.340 e. The van der Waals surface area contributed by atoms with E-state index in [0.717, 1.165) is 0 Å². The maximum absolute atomic E-state index is 12.6. The molecule has 24 heavy (non-hydrogen) atoms. The molecule has 0 N–H and O–H groups in total.